The normalized spacial score (nSPS) is 12.0. The van der Waals surface area contributed by atoms with Gasteiger partial charge in [0.2, 0.25) is 10.0 Å². The fraction of sp³-hybridized carbons (Fsp3) is 0.188. The van der Waals surface area contributed by atoms with Crippen molar-refractivity contribution in [1.82, 2.24) is 4.72 Å². The lowest BCUT2D eigenvalue weighted by Crippen LogP contribution is -2.30. The monoisotopic (exact) mass is 391 g/mol. The molecule has 0 aliphatic carbocycles. The van der Waals surface area contributed by atoms with Crippen molar-refractivity contribution in [3.05, 3.63) is 65.5 Å². The summed E-state index contributed by atoms with van der Waals surface area (Å²) in [7, 11) is -4.35. The van der Waals surface area contributed by atoms with Crippen LogP contribution in [0.25, 0.3) is 0 Å². The summed E-state index contributed by atoms with van der Waals surface area (Å²) in [5.74, 6) is -1.60. The van der Waals surface area contributed by atoms with E-state index in [0.717, 1.165) is 18.2 Å². The van der Waals surface area contributed by atoms with Gasteiger partial charge in [-0.05, 0) is 24.3 Å². The SMILES string of the molecule is O=C(CNS(=O)(=O)c1cccc(C(F)(F)F)c1)OCc1ccccc1F. The zero-order valence-electron chi connectivity index (χ0n) is 13.1. The summed E-state index contributed by atoms with van der Waals surface area (Å²) < 4.78 is 81.9. The van der Waals surface area contributed by atoms with Crippen LogP contribution < -0.4 is 4.72 Å². The Kier molecular flexibility index (Phi) is 5.98. The number of rotatable bonds is 6. The number of halogens is 4. The van der Waals surface area contributed by atoms with Crippen LogP contribution in [-0.2, 0) is 32.3 Å². The minimum atomic E-state index is -4.70. The Morgan fingerprint density at radius 2 is 1.77 bits per heavy atom. The zero-order valence-corrected chi connectivity index (χ0v) is 13.9. The van der Waals surface area contributed by atoms with Gasteiger partial charge in [-0.15, -0.1) is 0 Å². The highest BCUT2D eigenvalue weighted by atomic mass is 32.2. The first-order chi connectivity index (χ1) is 12.1. The predicted molar refractivity (Wildman–Crippen MR) is 82.8 cm³/mol. The van der Waals surface area contributed by atoms with Crippen molar-refractivity contribution < 1.29 is 35.5 Å². The van der Waals surface area contributed by atoms with E-state index in [4.69, 9.17) is 4.74 Å². The predicted octanol–water partition coefficient (Wildman–Crippen LogP) is 2.87. The third kappa shape index (κ3) is 5.27. The fourth-order valence-corrected chi connectivity index (χ4v) is 2.92. The molecule has 140 valence electrons. The molecule has 5 nitrogen and oxygen atoms in total. The van der Waals surface area contributed by atoms with Gasteiger partial charge in [-0.25, -0.2) is 12.8 Å². The van der Waals surface area contributed by atoms with Gasteiger partial charge in [-0.2, -0.15) is 17.9 Å². The molecule has 2 aromatic carbocycles. The molecule has 0 atom stereocenters. The maximum atomic E-state index is 13.4. The van der Waals surface area contributed by atoms with E-state index >= 15 is 0 Å². The molecule has 0 unspecified atom stereocenters. The van der Waals surface area contributed by atoms with Crippen LogP contribution in [0.4, 0.5) is 17.6 Å². The number of esters is 1. The average Bonchev–Trinajstić information content (AvgIpc) is 2.59. The molecule has 0 fully saturated rings. The highest BCUT2D eigenvalue weighted by molar-refractivity contribution is 7.89. The Morgan fingerprint density at radius 3 is 2.42 bits per heavy atom. The van der Waals surface area contributed by atoms with E-state index in [2.05, 4.69) is 0 Å². The Bertz CT molecular complexity index is 897. The number of alkyl halides is 3. The first-order valence-electron chi connectivity index (χ1n) is 7.15. The molecule has 0 amide bonds. The van der Waals surface area contributed by atoms with Crippen LogP contribution in [0, 0.1) is 5.82 Å². The number of sulfonamides is 1. The second kappa shape index (κ2) is 7.83. The molecule has 26 heavy (non-hydrogen) atoms. The van der Waals surface area contributed by atoms with Crippen LogP contribution in [0.2, 0.25) is 0 Å². The number of carbonyl (C=O) groups is 1. The van der Waals surface area contributed by atoms with E-state index in [0.29, 0.717) is 6.07 Å². The number of benzene rings is 2. The Morgan fingerprint density at radius 1 is 1.08 bits per heavy atom. The highest BCUT2D eigenvalue weighted by Gasteiger charge is 2.31. The molecule has 2 rings (SSSR count). The van der Waals surface area contributed by atoms with Crippen molar-refractivity contribution in [2.75, 3.05) is 6.54 Å². The molecular formula is C16H13F4NO4S. The third-order valence-electron chi connectivity index (χ3n) is 3.22. The van der Waals surface area contributed by atoms with Gasteiger partial charge in [0, 0.05) is 5.56 Å². The summed E-state index contributed by atoms with van der Waals surface area (Å²) >= 11 is 0. The summed E-state index contributed by atoms with van der Waals surface area (Å²) in [6, 6.07) is 8.60. The van der Waals surface area contributed by atoms with Gasteiger partial charge in [-0.1, -0.05) is 24.3 Å². The Balaban J connectivity index is 1.97. The molecule has 0 saturated carbocycles. The molecule has 0 saturated heterocycles. The number of hydrogen-bond acceptors (Lipinski definition) is 4. The van der Waals surface area contributed by atoms with Crippen LogP contribution in [0.3, 0.4) is 0 Å². The number of nitrogens with one attached hydrogen (secondary N) is 1. The van der Waals surface area contributed by atoms with E-state index in [-0.39, 0.29) is 5.56 Å². The summed E-state index contributed by atoms with van der Waals surface area (Å²) in [5, 5.41) is 0. The van der Waals surface area contributed by atoms with Crippen molar-refractivity contribution in [3.63, 3.8) is 0 Å². The maximum absolute atomic E-state index is 13.4. The first kappa shape index (κ1) is 19.9. The van der Waals surface area contributed by atoms with Crippen LogP contribution in [0.1, 0.15) is 11.1 Å². The van der Waals surface area contributed by atoms with Crippen LogP contribution in [-0.4, -0.2) is 20.9 Å². The van der Waals surface area contributed by atoms with E-state index in [1.165, 1.54) is 24.3 Å². The molecule has 0 aromatic heterocycles. The summed E-state index contributed by atoms with van der Waals surface area (Å²) in [6.45, 7) is -1.22. The van der Waals surface area contributed by atoms with Crippen molar-refractivity contribution in [2.24, 2.45) is 0 Å². The lowest BCUT2D eigenvalue weighted by molar-refractivity contribution is -0.143. The van der Waals surface area contributed by atoms with E-state index in [1.807, 2.05) is 4.72 Å². The first-order valence-corrected chi connectivity index (χ1v) is 8.64. The van der Waals surface area contributed by atoms with Crippen molar-refractivity contribution in [3.8, 4) is 0 Å². The lowest BCUT2D eigenvalue weighted by Gasteiger charge is -2.10. The Hall–Kier alpha value is -2.46. The highest BCUT2D eigenvalue weighted by Crippen LogP contribution is 2.30. The van der Waals surface area contributed by atoms with E-state index in [1.54, 1.807) is 0 Å². The molecule has 10 heteroatoms. The molecule has 0 radical (unpaired) electrons. The number of ether oxygens (including phenoxy) is 1. The average molecular weight is 391 g/mol. The van der Waals surface area contributed by atoms with Crippen LogP contribution in [0.5, 0.6) is 0 Å². The second-order valence-electron chi connectivity index (χ2n) is 5.10. The van der Waals surface area contributed by atoms with E-state index < -0.39 is 51.6 Å². The number of carbonyl (C=O) groups excluding carboxylic acids is 1. The second-order valence-corrected chi connectivity index (χ2v) is 6.87. The quantitative estimate of drug-likeness (QED) is 0.607. The van der Waals surface area contributed by atoms with Crippen molar-refractivity contribution in [1.29, 1.82) is 0 Å². The topological polar surface area (TPSA) is 72.5 Å². The maximum Gasteiger partial charge on any atom is 0.416 e. The van der Waals surface area contributed by atoms with Crippen molar-refractivity contribution >= 4 is 16.0 Å². The van der Waals surface area contributed by atoms with Gasteiger partial charge in [0.25, 0.3) is 0 Å². The molecule has 0 spiro atoms. The lowest BCUT2D eigenvalue weighted by atomic mass is 10.2. The smallest absolute Gasteiger partial charge is 0.416 e. The van der Waals surface area contributed by atoms with Gasteiger partial charge in [0.05, 0.1) is 10.5 Å². The van der Waals surface area contributed by atoms with Gasteiger partial charge in [-0.3, -0.25) is 4.79 Å². The van der Waals surface area contributed by atoms with Crippen molar-refractivity contribution in [2.45, 2.75) is 17.7 Å². The minimum Gasteiger partial charge on any atom is -0.460 e. The standard InChI is InChI=1S/C16H13F4NO4S/c17-14-7-2-1-4-11(14)10-25-15(22)9-21-26(23,24)13-6-3-5-12(8-13)16(18,19)20/h1-8,21H,9-10H2. The minimum absolute atomic E-state index is 0.0987. The molecule has 0 bridgehead atoms. The molecule has 1 N–H and O–H groups in total. The van der Waals surface area contributed by atoms with E-state index in [9.17, 15) is 30.8 Å². The van der Waals surface area contributed by atoms with Crippen LogP contribution in [0.15, 0.2) is 53.4 Å². The summed E-state index contributed by atoms with van der Waals surface area (Å²) in [5.41, 5.74) is -1.04. The number of hydrogen-bond donors (Lipinski definition) is 1. The molecular weight excluding hydrogens is 378 g/mol. The zero-order chi connectivity index (χ0) is 19.4. The molecule has 0 aliphatic rings. The Labute approximate surface area is 146 Å². The molecule has 0 heterocycles. The summed E-state index contributed by atoms with van der Waals surface area (Å²) in [4.78, 5) is 10.9. The fourth-order valence-electron chi connectivity index (χ4n) is 1.90. The largest absolute Gasteiger partial charge is 0.460 e. The van der Waals surface area contributed by atoms with Gasteiger partial charge < -0.3 is 4.74 Å². The van der Waals surface area contributed by atoms with Gasteiger partial charge in [0.15, 0.2) is 0 Å². The van der Waals surface area contributed by atoms with Gasteiger partial charge >= 0.3 is 12.1 Å². The van der Waals surface area contributed by atoms with Gasteiger partial charge in [0.1, 0.15) is 19.0 Å². The third-order valence-corrected chi connectivity index (χ3v) is 4.62. The molecule has 2 aromatic rings. The van der Waals surface area contributed by atoms with Crippen LogP contribution >= 0.6 is 0 Å². The molecule has 0 aliphatic heterocycles. The summed E-state index contributed by atoms with van der Waals surface area (Å²) in [6.07, 6.45) is -4.70.